The van der Waals surface area contributed by atoms with Gasteiger partial charge in [-0.1, -0.05) is 13.8 Å². The van der Waals surface area contributed by atoms with Gasteiger partial charge in [-0.3, -0.25) is 4.79 Å². The second kappa shape index (κ2) is 6.93. The van der Waals surface area contributed by atoms with E-state index in [1.807, 2.05) is 31.7 Å². The van der Waals surface area contributed by atoms with Crippen molar-refractivity contribution in [3.05, 3.63) is 18.2 Å². The number of nitrogens with zero attached hydrogens (tertiary/aromatic N) is 3. The zero-order valence-electron chi connectivity index (χ0n) is 12.3. The van der Waals surface area contributed by atoms with Crippen molar-refractivity contribution < 1.29 is 14.7 Å². The monoisotopic (exact) mass is 282 g/mol. The second-order valence-electron chi connectivity index (χ2n) is 5.21. The first-order chi connectivity index (χ1) is 9.31. The van der Waals surface area contributed by atoms with Gasteiger partial charge in [-0.15, -0.1) is 0 Å². The predicted octanol–water partition coefficient (Wildman–Crippen LogP) is 1.06. The van der Waals surface area contributed by atoms with Crippen LogP contribution in [0.25, 0.3) is 0 Å². The van der Waals surface area contributed by atoms with E-state index in [1.165, 1.54) is 4.90 Å². The number of hydrogen-bond donors (Lipinski definition) is 2. The third kappa shape index (κ3) is 4.56. The number of hydrogen-bond acceptors (Lipinski definition) is 3. The number of urea groups is 1. The summed E-state index contributed by atoms with van der Waals surface area (Å²) in [7, 11) is 3.51. The minimum atomic E-state index is -0.921. The molecule has 1 rings (SSSR count). The Bertz CT molecular complexity index is 470. The Morgan fingerprint density at radius 2 is 2.15 bits per heavy atom. The minimum Gasteiger partial charge on any atom is -0.481 e. The fraction of sp³-hybridized carbons (Fsp3) is 0.615. The highest BCUT2D eigenvalue weighted by molar-refractivity contribution is 5.75. The Morgan fingerprint density at radius 1 is 1.50 bits per heavy atom. The molecule has 0 spiro atoms. The fourth-order valence-corrected chi connectivity index (χ4v) is 1.74. The van der Waals surface area contributed by atoms with Gasteiger partial charge in [-0.2, -0.15) is 0 Å². The number of imidazole rings is 1. The first-order valence-electron chi connectivity index (χ1n) is 6.51. The molecule has 2 N–H and O–H groups in total. The molecule has 1 aromatic rings. The summed E-state index contributed by atoms with van der Waals surface area (Å²) in [5, 5.41) is 11.6. The molecule has 7 heteroatoms. The Hall–Kier alpha value is -2.05. The molecule has 0 aliphatic heterocycles. The highest BCUT2D eigenvalue weighted by atomic mass is 16.4. The summed E-state index contributed by atoms with van der Waals surface area (Å²) in [5.74, 6) is -0.102. The van der Waals surface area contributed by atoms with Crippen LogP contribution in [0.1, 0.15) is 26.1 Å². The molecular formula is C13H22N4O3. The van der Waals surface area contributed by atoms with Crippen molar-refractivity contribution in [1.82, 2.24) is 19.8 Å². The molecule has 1 atom stereocenters. The number of rotatable bonds is 6. The number of aromatic nitrogens is 2. The van der Waals surface area contributed by atoms with Crippen LogP contribution in [-0.4, -0.2) is 44.6 Å². The van der Waals surface area contributed by atoms with Gasteiger partial charge in [0.1, 0.15) is 5.82 Å². The van der Waals surface area contributed by atoms with Crippen LogP contribution in [0.3, 0.4) is 0 Å². The minimum absolute atomic E-state index is 0.0524. The van der Waals surface area contributed by atoms with Crippen molar-refractivity contribution in [2.45, 2.75) is 32.9 Å². The van der Waals surface area contributed by atoms with E-state index in [2.05, 4.69) is 10.3 Å². The Labute approximate surface area is 118 Å². The summed E-state index contributed by atoms with van der Waals surface area (Å²) in [6.07, 6.45) is 3.39. The zero-order chi connectivity index (χ0) is 15.3. The van der Waals surface area contributed by atoms with Crippen LogP contribution in [0.15, 0.2) is 12.4 Å². The third-order valence-corrected chi connectivity index (χ3v) is 3.15. The van der Waals surface area contributed by atoms with Gasteiger partial charge in [0.2, 0.25) is 0 Å². The second-order valence-corrected chi connectivity index (χ2v) is 5.21. The van der Waals surface area contributed by atoms with Gasteiger partial charge in [0, 0.05) is 32.5 Å². The van der Waals surface area contributed by atoms with Gasteiger partial charge in [0.25, 0.3) is 0 Å². The number of carboxylic acid groups (broad SMARTS) is 1. The van der Waals surface area contributed by atoms with Crippen molar-refractivity contribution >= 4 is 12.0 Å². The first kappa shape index (κ1) is 16.0. The van der Waals surface area contributed by atoms with Gasteiger partial charge in [-0.05, 0) is 5.92 Å². The van der Waals surface area contributed by atoms with Gasteiger partial charge in [-0.25, -0.2) is 9.78 Å². The van der Waals surface area contributed by atoms with Crippen LogP contribution >= 0.6 is 0 Å². The normalized spacial score (nSPS) is 12.2. The molecule has 7 nitrogen and oxygen atoms in total. The van der Waals surface area contributed by atoms with E-state index in [9.17, 15) is 9.59 Å². The molecule has 2 amide bonds. The lowest BCUT2D eigenvalue weighted by Crippen LogP contribution is -2.46. The van der Waals surface area contributed by atoms with Crippen molar-refractivity contribution in [2.24, 2.45) is 13.0 Å². The summed E-state index contributed by atoms with van der Waals surface area (Å²) in [5.41, 5.74) is 0. The molecule has 1 heterocycles. The van der Waals surface area contributed by atoms with Crippen LogP contribution < -0.4 is 5.32 Å². The average Bonchev–Trinajstić information content (AvgIpc) is 2.73. The molecule has 0 bridgehead atoms. The van der Waals surface area contributed by atoms with Crippen molar-refractivity contribution in [2.75, 3.05) is 7.05 Å². The van der Waals surface area contributed by atoms with Crippen LogP contribution in [0.2, 0.25) is 0 Å². The van der Waals surface area contributed by atoms with Gasteiger partial charge in [0.05, 0.1) is 13.0 Å². The lowest BCUT2D eigenvalue weighted by molar-refractivity contribution is -0.137. The van der Waals surface area contributed by atoms with Crippen molar-refractivity contribution in [3.63, 3.8) is 0 Å². The average molecular weight is 282 g/mol. The van der Waals surface area contributed by atoms with E-state index in [1.54, 1.807) is 13.2 Å². The van der Waals surface area contributed by atoms with E-state index in [0.29, 0.717) is 6.54 Å². The number of carbonyl (C=O) groups excluding carboxylic acids is 1. The standard InChI is InChI=1S/C13H22N4O3/c1-9(2)10(7-12(18)19)15-13(20)17(4)8-11-14-5-6-16(11)3/h5-6,9-10H,7-8H2,1-4H3,(H,15,20)(H,18,19). The SMILES string of the molecule is CC(C)C(CC(=O)O)NC(=O)N(C)Cc1nccn1C. The number of carboxylic acids is 1. The molecule has 112 valence electrons. The number of nitrogens with one attached hydrogen (secondary N) is 1. The maximum absolute atomic E-state index is 12.1. The molecule has 1 aromatic heterocycles. The highest BCUT2D eigenvalue weighted by Crippen LogP contribution is 2.07. The molecular weight excluding hydrogens is 260 g/mol. The van der Waals surface area contributed by atoms with Crippen LogP contribution in [0.5, 0.6) is 0 Å². The first-order valence-corrected chi connectivity index (χ1v) is 6.51. The maximum atomic E-state index is 12.1. The lowest BCUT2D eigenvalue weighted by atomic mass is 10.0. The van der Waals surface area contributed by atoms with Crippen LogP contribution in [0, 0.1) is 5.92 Å². The molecule has 0 saturated heterocycles. The largest absolute Gasteiger partial charge is 0.481 e. The van der Waals surface area contributed by atoms with E-state index >= 15 is 0 Å². The number of carbonyl (C=O) groups is 2. The van der Waals surface area contributed by atoms with Gasteiger partial charge >= 0.3 is 12.0 Å². The Kier molecular flexibility index (Phi) is 5.54. The summed E-state index contributed by atoms with van der Waals surface area (Å²) >= 11 is 0. The summed E-state index contributed by atoms with van der Waals surface area (Å²) in [6, 6.07) is -0.684. The topological polar surface area (TPSA) is 87.5 Å². The molecule has 0 saturated carbocycles. The zero-order valence-corrected chi connectivity index (χ0v) is 12.3. The van der Waals surface area contributed by atoms with Crippen LogP contribution in [0.4, 0.5) is 4.79 Å². The predicted molar refractivity (Wildman–Crippen MR) is 74.1 cm³/mol. The molecule has 1 unspecified atom stereocenters. The van der Waals surface area contributed by atoms with Crippen molar-refractivity contribution in [1.29, 1.82) is 0 Å². The fourth-order valence-electron chi connectivity index (χ4n) is 1.74. The smallest absolute Gasteiger partial charge is 0.317 e. The van der Waals surface area contributed by atoms with Crippen molar-refractivity contribution in [3.8, 4) is 0 Å². The van der Waals surface area contributed by atoms with Gasteiger partial charge in [0.15, 0.2) is 0 Å². The van der Waals surface area contributed by atoms with Crippen LogP contribution in [-0.2, 0) is 18.4 Å². The molecule has 0 aliphatic carbocycles. The summed E-state index contributed by atoms with van der Waals surface area (Å²) in [4.78, 5) is 28.5. The molecule has 0 aromatic carbocycles. The summed E-state index contributed by atoms with van der Waals surface area (Å²) < 4.78 is 1.83. The Morgan fingerprint density at radius 3 is 2.60 bits per heavy atom. The van der Waals surface area contributed by atoms with E-state index in [-0.39, 0.29) is 24.4 Å². The molecule has 0 radical (unpaired) electrons. The third-order valence-electron chi connectivity index (χ3n) is 3.15. The quantitative estimate of drug-likeness (QED) is 0.816. The lowest BCUT2D eigenvalue weighted by Gasteiger charge is -2.24. The molecule has 20 heavy (non-hydrogen) atoms. The molecule has 0 fully saturated rings. The van der Waals surface area contributed by atoms with E-state index < -0.39 is 5.97 Å². The van der Waals surface area contributed by atoms with E-state index in [4.69, 9.17) is 5.11 Å². The van der Waals surface area contributed by atoms with E-state index in [0.717, 1.165) is 5.82 Å². The Balaban J connectivity index is 2.59. The molecule has 0 aliphatic rings. The van der Waals surface area contributed by atoms with Gasteiger partial charge < -0.3 is 19.9 Å². The summed E-state index contributed by atoms with van der Waals surface area (Å²) in [6.45, 7) is 4.13. The number of aliphatic carboxylic acids is 1. The number of aryl methyl sites for hydroxylation is 1. The highest BCUT2D eigenvalue weighted by Gasteiger charge is 2.21. The maximum Gasteiger partial charge on any atom is 0.317 e. The number of amides is 2.